The van der Waals surface area contributed by atoms with Crippen LogP contribution in [0.1, 0.15) is 89.6 Å². The second kappa shape index (κ2) is 13.0. The minimum absolute atomic E-state index is 0.00582. The summed E-state index contributed by atoms with van der Waals surface area (Å²) < 4.78 is 18.2. The van der Waals surface area contributed by atoms with Crippen molar-refractivity contribution < 1.29 is 18.8 Å². The number of nitrogens with two attached hydrogens (primary N) is 1. The molecule has 2 aliphatic carbocycles. The smallest absolute Gasteiger partial charge is 0.273 e. The minimum Gasteiger partial charge on any atom is -0.395 e. The van der Waals surface area contributed by atoms with Gasteiger partial charge in [0, 0.05) is 22.8 Å². The number of carbonyl (C=O) groups is 3. The number of nitrogen functional groups attached to an aromatic ring is 1. The van der Waals surface area contributed by atoms with E-state index in [1.165, 1.54) is 29.2 Å². The molecule has 3 aromatic rings. The number of nitrogens with one attached hydrogen (secondary N) is 2. The van der Waals surface area contributed by atoms with Crippen molar-refractivity contribution in [2.45, 2.75) is 75.9 Å². The average Bonchev–Trinajstić information content (AvgIpc) is 3.62. The molecule has 0 radical (unpaired) electrons. The van der Waals surface area contributed by atoms with E-state index in [0.717, 1.165) is 69.3 Å². The van der Waals surface area contributed by atoms with Crippen molar-refractivity contribution >= 4 is 52.2 Å². The van der Waals surface area contributed by atoms with Crippen LogP contribution in [0.4, 0.5) is 15.8 Å². The highest BCUT2D eigenvalue weighted by molar-refractivity contribution is 7.09. The van der Waals surface area contributed by atoms with E-state index in [4.69, 9.17) is 17.3 Å². The van der Waals surface area contributed by atoms with Crippen LogP contribution in [0, 0.1) is 5.82 Å². The van der Waals surface area contributed by atoms with E-state index < -0.39 is 29.6 Å². The van der Waals surface area contributed by atoms with Crippen LogP contribution in [0.25, 0.3) is 0 Å². The van der Waals surface area contributed by atoms with Gasteiger partial charge in [0.2, 0.25) is 5.91 Å². The SMILES string of the molecule is Nc1c(C(=O)NC2CCCCC2)nsc1C(=O)N(c1ccc(Cl)cc1)C(C(=O)NC1CCCC1)c1ccc(F)cc1. The molecule has 0 aliphatic heterocycles. The molecule has 4 N–H and O–H groups in total. The van der Waals surface area contributed by atoms with Crippen molar-refractivity contribution in [3.8, 4) is 0 Å². The molecule has 2 aliphatic rings. The molecular formula is C30H33ClFN5O3S. The fraction of sp³-hybridized carbons (Fsp3) is 0.400. The number of halogens is 2. The first-order chi connectivity index (χ1) is 19.8. The maximum atomic E-state index is 14.3. The zero-order valence-corrected chi connectivity index (χ0v) is 24.1. The van der Waals surface area contributed by atoms with Crippen LogP contribution in [0.5, 0.6) is 0 Å². The fourth-order valence-corrected chi connectivity index (χ4v) is 6.48. The summed E-state index contributed by atoms with van der Waals surface area (Å²) in [6.07, 6.45) is 8.73. The molecule has 41 heavy (non-hydrogen) atoms. The van der Waals surface area contributed by atoms with Crippen LogP contribution in [0.3, 0.4) is 0 Å². The molecular weight excluding hydrogens is 565 g/mol. The molecule has 5 rings (SSSR count). The van der Waals surface area contributed by atoms with E-state index in [1.54, 1.807) is 24.3 Å². The molecule has 1 heterocycles. The molecule has 2 aromatic carbocycles. The maximum absolute atomic E-state index is 14.3. The van der Waals surface area contributed by atoms with Crippen molar-refractivity contribution in [3.63, 3.8) is 0 Å². The molecule has 2 saturated carbocycles. The summed E-state index contributed by atoms with van der Waals surface area (Å²) in [4.78, 5) is 42.6. The van der Waals surface area contributed by atoms with Crippen molar-refractivity contribution in [1.29, 1.82) is 0 Å². The van der Waals surface area contributed by atoms with Gasteiger partial charge in [-0.3, -0.25) is 19.3 Å². The van der Waals surface area contributed by atoms with Gasteiger partial charge < -0.3 is 16.4 Å². The molecule has 1 unspecified atom stereocenters. The average molecular weight is 598 g/mol. The summed E-state index contributed by atoms with van der Waals surface area (Å²) in [5, 5.41) is 6.53. The van der Waals surface area contributed by atoms with Crippen LogP contribution in [-0.4, -0.2) is 34.2 Å². The first-order valence-corrected chi connectivity index (χ1v) is 15.2. The zero-order valence-electron chi connectivity index (χ0n) is 22.6. The van der Waals surface area contributed by atoms with Gasteiger partial charge in [-0.15, -0.1) is 0 Å². The molecule has 8 nitrogen and oxygen atoms in total. The number of hydrogen-bond donors (Lipinski definition) is 3. The number of hydrogen-bond acceptors (Lipinski definition) is 6. The largest absolute Gasteiger partial charge is 0.395 e. The van der Waals surface area contributed by atoms with Gasteiger partial charge in [-0.25, -0.2) is 4.39 Å². The summed E-state index contributed by atoms with van der Waals surface area (Å²) in [7, 11) is 0. The van der Waals surface area contributed by atoms with Crippen molar-refractivity contribution in [3.05, 3.63) is 75.5 Å². The maximum Gasteiger partial charge on any atom is 0.273 e. The molecule has 1 aromatic heterocycles. The summed E-state index contributed by atoms with van der Waals surface area (Å²) in [5.41, 5.74) is 7.14. The number of rotatable bonds is 8. The number of benzene rings is 2. The van der Waals surface area contributed by atoms with E-state index in [1.807, 2.05) is 0 Å². The fourth-order valence-electron chi connectivity index (χ4n) is 5.62. The molecule has 1 atom stereocenters. The second-order valence-electron chi connectivity index (χ2n) is 10.7. The third-order valence-electron chi connectivity index (χ3n) is 7.80. The second-order valence-corrected chi connectivity index (χ2v) is 11.9. The summed E-state index contributed by atoms with van der Waals surface area (Å²) >= 11 is 6.97. The van der Waals surface area contributed by atoms with Gasteiger partial charge in [0.05, 0.1) is 5.69 Å². The van der Waals surface area contributed by atoms with E-state index >= 15 is 0 Å². The first-order valence-electron chi connectivity index (χ1n) is 14.0. The third kappa shape index (κ3) is 6.70. The van der Waals surface area contributed by atoms with Crippen LogP contribution in [0.15, 0.2) is 48.5 Å². The Hall–Kier alpha value is -3.50. The van der Waals surface area contributed by atoms with Gasteiger partial charge >= 0.3 is 0 Å². The Bertz CT molecular complexity index is 1390. The van der Waals surface area contributed by atoms with Gasteiger partial charge in [0.1, 0.15) is 16.7 Å². The van der Waals surface area contributed by atoms with Crippen molar-refractivity contribution in [2.75, 3.05) is 10.6 Å². The lowest BCUT2D eigenvalue weighted by Crippen LogP contribution is -2.46. The lowest BCUT2D eigenvalue weighted by Gasteiger charge is -2.32. The van der Waals surface area contributed by atoms with Crippen LogP contribution < -0.4 is 21.3 Å². The standard InChI is InChI=1S/C30H33ClFN5O3S/c31-19-12-16-23(17-13-19)37(26(18-10-14-20(32)15-11-18)29(39)35-22-8-4-5-9-22)30(40)27-24(33)25(36-41-27)28(38)34-21-6-2-1-3-7-21/h10-17,21-22,26H,1-9,33H2,(H,34,38)(H,35,39). The Morgan fingerprint density at radius 1 is 0.902 bits per heavy atom. The van der Waals surface area contributed by atoms with Crippen LogP contribution in [-0.2, 0) is 4.79 Å². The lowest BCUT2D eigenvalue weighted by molar-refractivity contribution is -0.123. The normalized spacial score (nSPS) is 16.7. The predicted molar refractivity (Wildman–Crippen MR) is 159 cm³/mol. The quantitative estimate of drug-likeness (QED) is 0.293. The molecule has 216 valence electrons. The predicted octanol–water partition coefficient (Wildman–Crippen LogP) is 6.03. The van der Waals surface area contributed by atoms with Crippen molar-refractivity contribution in [1.82, 2.24) is 15.0 Å². The van der Waals surface area contributed by atoms with Gasteiger partial charge in [0.25, 0.3) is 11.8 Å². The number of aromatic nitrogens is 1. The Labute approximate surface area is 247 Å². The van der Waals surface area contributed by atoms with Gasteiger partial charge in [-0.05, 0) is 79.2 Å². The highest BCUT2D eigenvalue weighted by Gasteiger charge is 2.37. The van der Waals surface area contributed by atoms with E-state index in [0.29, 0.717) is 16.3 Å². The Morgan fingerprint density at radius 3 is 2.12 bits per heavy atom. The van der Waals surface area contributed by atoms with Crippen LogP contribution >= 0.6 is 23.1 Å². The Kier molecular flexibility index (Phi) is 9.19. The monoisotopic (exact) mass is 597 g/mol. The molecule has 0 saturated heterocycles. The van der Waals surface area contributed by atoms with Crippen LogP contribution in [0.2, 0.25) is 5.02 Å². The number of nitrogens with zero attached hydrogens (tertiary/aromatic N) is 2. The zero-order chi connectivity index (χ0) is 28.9. The minimum atomic E-state index is -1.15. The Balaban J connectivity index is 1.52. The van der Waals surface area contributed by atoms with E-state index in [-0.39, 0.29) is 28.3 Å². The number of carbonyl (C=O) groups excluding carboxylic acids is 3. The van der Waals surface area contributed by atoms with E-state index in [9.17, 15) is 18.8 Å². The highest BCUT2D eigenvalue weighted by Crippen LogP contribution is 2.34. The summed E-state index contributed by atoms with van der Waals surface area (Å²) in [6, 6.07) is 10.9. The number of anilines is 2. The summed E-state index contributed by atoms with van der Waals surface area (Å²) in [5.74, 6) is -1.88. The molecule has 11 heteroatoms. The van der Waals surface area contributed by atoms with Gasteiger partial charge in [-0.1, -0.05) is 55.8 Å². The van der Waals surface area contributed by atoms with Gasteiger partial charge in [-0.2, -0.15) is 4.37 Å². The first kappa shape index (κ1) is 29.0. The molecule has 3 amide bonds. The molecule has 0 spiro atoms. The number of amides is 3. The lowest BCUT2D eigenvalue weighted by atomic mass is 9.95. The van der Waals surface area contributed by atoms with Crippen molar-refractivity contribution in [2.24, 2.45) is 0 Å². The molecule has 2 fully saturated rings. The highest BCUT2D eigenvalue weighted by atomic mass is 35.5. The third-order valence-corrected chi connectivity index (χ3v) is 8.90. The molecule has 0 bridgehead atoms. The topological polar surface area (TPSA) is 117 Å². The summed E-state index contributed by atoms with van der Waals surface area (Å²) in [6.45, 7) is 0. The van der Waals surface area contributed by atoms with Gasteiger partial charge in [0.15, 0.2) is 5.69 Å². The van der Waals surface area contributed by atoms with E-state index in [2.05, 4.69) is 15.0 Å². The Morgan fingerprint density at radius 2 is 1.49 bits per heavy atom.